The van der Waals surface area contributed by atoms with E-state index in [0.29, 0.717) is 16.8 Å². The molecule has 1 aliphatic carbocycles. The summed E-state index contributed by atoms with van der Waals surface area (Å²) < 4.78 is 29.1. The molecular formula is C24H22N6O2S. The van der Waals surface area contributed by atoms with Gasteiger partial charge in [0, 0.05) is 23.7 Å². The first-order valence-corrected chi connectivity index (χ1v) is 12.5. The van der Waals surface area contributed by atoms with Crippen molar-refractivity contribution >= 4 is 37.9 Å². The maximum Gasteiger partial charge on any atom is 0.245 e. The number of anilines is 2. The van der Waals surface area contributed by atoms with E-state index in [2.05, 4.69) is 20.5 Å². The molecule has 2 aromatic carbocycles. The maximum atomic E-state index is 12.8. The molecule has 33 heavy (non-hydrogen) atoms. The Morgan fingerprint density at radius 1 is 1.06 bits per heavy atom. The Morgan fingerprint density at radius 2 is 1.94 bits per heavy atom. The third kappa shape index (κ3) is 3.74. The van der Waals surface area contributed by atoms with Crippen molar-refractivity contribution in [2.75, 3.05) is 11.1 Å². The lowest BCUT2D eigenvalue weighted by atomic mass is 10.2. The highest BCUT2D eigenvalue weighted by Crippen LogP contribution is 2.33. The van der Waals surface area contributed by atoms with E-state index in [-0.39, 0.29) is 5.75 Å². The van der Waals surface area contributed by atoms with Crippen LogP contribution in [0.3, 0.4) is 0 Å². The van der Waals surface area contributed by atoms with Crippen LogP contribution < -0.4 is 5.32 Å². The predicted molar refractivity (Wildman–Crippen MR) is 127 cm³/mol. The van der Waals surface area contributed by atoms with E-state index in [1.54, 1.807) is 28.9 Å². The minimum absolute atomic E-state index is 0.225. The van der Waals surface area contributed by atoms with Gasteiger partial charge in [0.15, 0.2) is 9.84 Å². The monoisotopic (exact) mass is 458 g/mol. The third-order valence-electron chi connectivity index (χ3n) is 6.04. The number of hydrogen-bond donors (Lipinski definition) is 1. The van der Waals surface area contributed by atoms with Crippen LogP contribution in [0.2, 0.25) is 0 Å². The highest BCUT2D eigenvalue weighted by molar-refractivity contribution is 7.91. The summed E-state index contributed by atoms with van der Waals surface area (Å²) in [6, 6.07) is 16.9. The van der Waals surface area contributed by atoms with Gasteiger partial charge in [-0.15, -0.1) is 5.10 Å². The summed E-state index contributed by atoms with van der Waals surface area (Å²) in [5, 5.41) is 13.3. The lowest BCUT2D eigenvalue weighted by molar-refractivity contribution is 0.592. The Hall–Kier alpha value is -3.72. The number of nitrogens with zero attached hydrogens (tertiary/aromatic N) is 5. The quantitative estimate of drug-likeness (QED) is 0.410. The molecule has 0 radical (unpaired) electrons. The largest absolute Gasteiger partial charge is 0.323 e. The Bertz CT molecular complexity index is 1610. The molecule has 0 bridgehead atoms. The van der Waals surface area contributed by atoms with Crippen molar-refractivity contribution in [3.8, 4) is 11.3 Å². The van der Waals surface area contributed by atoms with Crippen LogP contribution in [0.15, 0.2) is 71.9 Å². The maximum absolute atomic E-state index is 12.8. The lowest BCUT2D eigenvalue weighted by Crippen LogP contribution is -2.08. The van der Waals surface area contributed by atoms with Crippen LogP contribution in [0.25, 0.3) is 27.7 Å². The van der Waals surface area contributed by atoms with E-state index in [4.69, 9.17) is 0 Å². The van der Waals surface area contributed by atoms with E-state index < -0.39 is 9.84 Å². The molecule has 1 saturated carbocycles. The van der Waals surface area contributed by atoms with Gasteiger partial charge in [0.2, 0.25) is 5.95 Å². The molecule has 1 fully saturated rings. The van der Waals surface area contributed by atoms with Crippen LogP contribution in [0.5, 0.6) is 0 Å². The Labute approximate surface area is 190 Å². The van der Waals surface area contributed by atoms with E-state index in [0.717, 1.165) is 46.2 Å². The second-order valence-corrected chi connectivity index (χ2v) is 10.6. The Balaban J connectivity index is 1.35. The highest BCUT2D eigenvalue weighted by atomic mass is 32.2. The molecule has 0 spiro atoms. The van der Waals surface area contributed by atoms with Crippen LogP contribution >= 0.6 is 0 Å². The molecule has 3 heterocycles. The molecule has 9 heteroatoms. The molecule has 0 saturated heterocycles. The first-order chi connectivity index (χ1) is 16.0. The summed E-state index contributed by atoms with van der Waals surface area (Å²) in [6.45, 7) is 0. The number of fused-ring (bicyclic) bond motifs is 2. The van der Waals surface area contributed by atoms with Gasteiger partial charge >= 0.3 is 0 Å². The van der Waals surface area contributed by atoms with Gasteiger partial charge in [-0.05, 0) is 61.2 Å². The van der Waals surface area contributed by atoms with Crippen LogP contribution in [0.1, 0.15) is 12.8 Å². The van der Waals surface area contributed by atoms with Crippen LogP contribution in [-0.4, -0.2) is 38.5 Å². The van der Waals surface area contributed by atoms with Crippen molar-refractivity contribution in [2.24, 2.45) is 13.0 Å². The van der Waals surface area contributed by atoms with Gasteiger partial charge in [-0.25, -0.2) is 17.9 Å². The average Bonchev–Trinajstić information content (AvgIpc) is 3.39. The SMILES string of the molecule is Cn1ncc2ccc(Nc3ncc4ccc(-c5cccc(S(=O)(=O)CC6CC6)c5)n4n3)cc21. The van der Waals surface area contributed by atoms with Crippen molar-refractivity contribution in [2.45, 2.75) is 17.7 Å². The van der Waals surface area contributed by atoms with Crippen molar-refractivity contribution < 1.29 is 8.42 Å². The molecule has 8 nitrogen and oxygen atoms in total. The number of benzene rings is 2. The zero-order valence-corrected chi connectivity index (χ0v) is 18.8. The summed E-state index contributed by atoms with van der Waals surface area (Å²) in [4.78, 5) is 4.79. The van der Waals surface area contributed by atoms with E-state index in [1.165, 1.54) is 0 Å². The molecule has 5 aromatic rings. The first-order valence-electron chi connectivity index (χ1n) is 10.8. The molecule has 0 aliphatic heterocycles. The van der Waals surface area contributed by atoms with Gasteiger partial charge in [-0.2, -0.15) is 5.10 Å². The highest BCUT2D eigenvalue weighted by Gasteiger charge is 2.29. The molecule has 3 aromatic heterocycles. The summed E-state index contributed by atoms with van der Waals surface area (Å²) in [6.07, 6.45) is 5.58. The smallest absolute Gasteiger partial charge is 0.245 e. The molecule has 0 atom stereocenters. The van der Waals surface area contributed by atoms with Gasteiger partial charge in [0.1, 0.15) is 0 Å². The van der Waals surface area contributed by atoms with Gasteiger partial charge < -0.3 is 5.32 Å². The van der Waals surface area contributed by atoms with Crippen LogP contribution in [0.4, 0.5) is 11.6 Å². The standard InChI is InChI=1S/C24H22N6O2S/c1-29-23-12-19(8-7-18(23)13-26-29)27-24-25-14-20-9-10-22(30(20)28-24)17-3-2-4-21(11-17)33(31,32)15-16-5-6-16/h2-4,7-14,16H,5-6,15H2,1H3,(H,27,28). The molecule has 166 valence electrons. The molecule has 6 rings (SSSR count). The van der Waals surface area contributed by atoms with Gasteiger partial charge in [0.05, 0.1) is 39.8 Å². The summed E-state index contributed by atoms with van der Waals surface area (Å²) in [7, 11) is -1.39. The minimum atomic E-state index is -3.29. The third-order valence-corrected chi connectivity index (χ3v) is 7.93. The first kappa shape index (κ1) is 19.9. The van der Waals surface area contributed by atoms with E-state index >= 15 is 0 Å². The van der Waals surface area contributed by atoms with Crippen LogP contribution in [-0.2, 0) is 16.9 Å². The molecule has 1 aliphatic rings. The molecule has 0 amide bonds. The summed E-state index contributed by atoms with van der Waals surface area (Å²) in [5.74, 6) is 0.974. The van der Waals surface area contributed by atoms with Gasteiger partial charge in [0.25, 0.3) is 0 Å². The number of hydrogen-bond acceptors (Lipinski definition) is 6. The second kappa shape index (κ2) is 7.41. The number of sulfone groups is 1. The molecule has 0 unspecified atom stereocenters. The number of aromatic nitrogens is 5. The van der Waals surface area contributed by atoms with E-state index in [1.807, 2.05) is 54.3 Å². The lowest BCUT2D eigenvalue weighted by Gasteiger charge is -2.09. The van der Waals surface area contributed by atoms with Crippen LogP contribution in [0, 0.1) is 5.92 Å². The van der Waals surface area contributed by atoms with E-state index in [9.17, 15) is 8.42 Å². The number of rotatable bonds is 6. The predicted octanol–water partition coefficient (Wildman–Crippen LogP) is 4.21. The summed E-state index contributed by atoms with van der Waals surface area (Å²) >= 11 is 0. The topological polar surface area (TPSA) is 94.2 Å². The zero-order chi connectivity index (χ0) is 22.6. The molecular weight excluding hydrogens is 436 g/mol. The zero-order valence-electron chi connectivity index (χ0n) is 18.0. The van der Waals surface area contributed by atoms with Crippen molar-refractivity contribution in [1.82, 2.24) is 24.4 Å². The molecule has 1 N–H and O–H groups in total. The average molecular weight is 459 g/mol. The second-order valence-electron chi connectivity index (χ2n) is 8.56. The minimum Gasteiger partial charge on any atom is -0.323 e. The number of aryl methyl sites for hydroxylation is 1. The number of nitrogens with one attached hydrogen (secondary N) is 1. The van der Waals surface area contributed by atoms with Gasteiger partial charge in [-0.3, -0.25) is 4.68 Å². The Kier molecular flexibility index (Phi) is 4.48. The van der Waals surface area contributed by atoms with Crippen molar-refractivity contribution in [3.05, 3.63) is 67.0 Å². The van der Waals surface area contributed by atoms with Crippen molar-refractivity contribution in [1.29, 1.82) is 0 Å². The Morgan fingerprint density at radius 3 is 2.79 bits per heavy atom. The van der Waals surface area contributed by atoms with Gasteiger partial charge in [-0.1, -0.05) is 12.1 Å². The fourth-order valence-corrected chi connectivity index (χ4v) is 5.81. The fourth-order valence-electron chi connectivity index (χ4n) is 4.07. The normalized spacial score (nSPS) is 14.2. The van der Waals surface area contributed by atoms with Crippen molar-refractivity contribution in [3.63, 3.8) is 0 Å². The fraction of sp³-hybridized carbons (Fsp3) is 0.208. The summed E-state index contributed by atoms with van der Waals surface area (Å²) in [5.41, 5.74) is 4.29.